The van der Waals surface area contributed by atoms with E-state index in [0.29, 0.717) is 18.0 Å². The van der Waals surface area contributed by atoms with Crippen LogP contribution in [0.25, 0.3) is 0 Å². The van der Waals surface area contributed by atoms with Crippen molar-refractivity contribution in [3.63, 3.8) is 0 Å². The van der Waals surface area contributed by atoms with E-state index in [1.807, 2.05) is 37.3 Å². The standard InChI is InChI=1S/C27H31NO3S/c1-5-20-15-22(16-21-9-7-8-10-27(21)31-4)24(6-2)26-18-28(17-25(20)26)32(29,30)23-13-11-19(3)12-14-23/h7-15H,5-6,16-18H2,1-4H3. The predicted octanol–water partition coefficient (Wildman–Crippen LogP) is 5.42. The highest BCUT2D eigenvalue weighted by molar-refractivity contribution is 7.89. The Morgan fingerprint density at radius 1 is 0.875 bits per heavy atom. The lowest BCUT2D eigenvalue weighted by molar-refractivity contribution is 0.410. The Kier molecular flexibility index (Phi) is 6.40. The van der Waals surface area contributed by atoms with Crippen LogP contribution in [0.15, 0.2) is 59.5 Å². The van der Waals surface area contributed by atoms with Crippen LogP contribution in [-0.2, 0) is 42.4 Å². The second-order valence-electron chi connectivity index (χ2n) is 8.41. The minimum Gasteiger partial charge on any atom is -0.496 e. The summed E-state index contributed by atoms with van der Waals surface area (Å²) in [5.41, 5.74) is 8.34. The quantitative estimate of drug-likeness (QED) is 0.484. The number of aryl methyl sites for hydroxylation is 2. The second kappa shape index (κ2) is 9.08. The normalized spacial score (nSPS) is 13.9. The van der Waals surface area contributed by atoms with Crippen molar-refractivity contribution in [2.75, 3.05) is 7.11 Å². The highest BCUT2D eigenvalue weighted by Crippen LogP contribution is 2.37. The fraction of sp³-hybridized carbons (Fsp3) is 0.333. The molecule has 0 fully saturated rings. The van der Waals surface area contributed by atoms with Gasteiger partial charge in [-0.2, -0.15) is 4.31 Å². The van der Waals surface area contributed by atoms with Crippen LogP contribution in [0, 0.1) is 6.92 Å². The predicted molar refractivity (Wildman–Crippen MR) is 129 cm³/mol. The van der Waals surface area contributed by atoms with Crippen LogP contribution in [0.4, 0.5) is 0 Å². The lowest BCUT2D eigenvalue weighted by Gasteiger charge is -2.17. The first-order valence-electron chi connectivity index (χ1n) is 11.2. The second-order valence-corrected chi connectivity index (χ2v) is 10.4. The van der Waals surface area contributed by atoms with Crippen molar-refractivity contribution in [3.8, 4) is 5.75 Å². The molecule has 0 saturated heterocycles. The molecule has 1 aliphatic rings. The number of hydrogen-bond acceptors (Lipinski definition) is 3. The van der Waals surface area contributed by atoms with E-state index < -0.39 is 10.0 Å². The van der Waals surface area contributed by atoms with Gasteiger partial charge in [0, 0.05) is 19.5 Å². The summed E-state index contributed by atoms with van der Waals surface area (Å²) in [5, 5.41) is 0. The number of fused-ring (bicyclic) bond motifs is 1. The molecule has 1 aliphatic heterocycles. The zero-order valence-corrected chi connectivity index (χ0v) is 20.1. The molecule has 1 heterocycles. The van der Waals surface area contributed by atoms with Gasteiger partial charge in [0.2, 0.25) is 10.0 Å². The number of para-hydroxylation sites is 1. The molecule has 0 aromatic heterocycles. The van der Waals surface area contributed by atoms with E-state index >= 15 is 0 Å². The minimum absolute atomic E-state index is 0.362. The lowest BCUT2D eigenvalue weighted by atomic mass is 9.88. The first kappa shape index (κ1) is 22.6. The molecule has 3 aromatic carbocycles. The van der Waals surface area contributed by atoms with Gasteiger partial charge in [-0.05, 0) is 71.3 Å². The van der Waals surface area contributed by atoms with E-state index in [1.165, 1.54) is 27.8 Å². The fourth-order valence-electron chi connectivity index (χ4n) is 4.75. The largest absolute Gasteiger partial charge is 0.496 e. The summed E-state index contributed by atoms with van der Waals surface area (Å²) in [7, 11) is -1.84. The summed E-state index contributed by atoms with van der Waals surface area (Å²) in [6.45, 7) is 7.14. The van der Waals surface area contributed by atoms with Crippen molar-refractivity contribution in [2.45, 2.75) is 58.0 Å². The van der Waals surface area contributed by atoms with Crippen LogP contribution in [0.1, 0.15) is 52.8 Å². The van der Waals surface area contributed by atoms with Crippen molar-refractivity contribution in [1.82, 2.24) is 4.31 Å². The topological polar surface area (TPSA) is 46.6 Å². The average Bonchev–Trinajstić information content (AvgIpc) is 3.25. The van der Waals surface area contributed by atoms with Gasteiger partial charge in [0.25, 0.3) is 0 Å². The number of sulfonamides is 1. The van der Waals surface area contributed by atoms with Crippen LogP contribution in [0.3, 0.4) is 0 Å². The smallest absolute Gasteiger partial charge is 0.243 e. The maximum absolute atomic E-state index is 13.4. The van der Waals surface area contributed by atoms with Gasteiger partial charge in [0.15, 0.2) is 0 Å². The molecule has 3 aromatic rings. The molecule has 0 N–H and O–H groups in total. The van der Waals surface area contributed by atoms with Crippen LogP contribution >= 0.6 is 0 Å². The third-order valence-electron chi connectivity index (χ3n) is 6.49. The number of rotatable bonds is 7. The molecule has 0 saturated carbocycles. The molecular formula is C27H31NO3S. The Bertz CT molecular complexity index is 1230. The van der Waals surface area contributed by atoms with Crippen LogP contribution < -0.4 is 4.74 Å². The SMILES string of the molecule is CCc1cc(Cc2ccccc2OC)c(CC)c2c1CN(S(=O)(=O)c1ccc(C)cc1)C2. The van der Waals surface area contributed by atoms with E-state index in [9.17, 15) is 8.42 Å². The van der Waals surface area contributed by atoms with Crippen LogP contribution in [0.2, 0.25) is 0 Å². The van der Waals surface area contributed by atoms with Gasteiger partial charge in [0.05, 0.1) is 12.0 Å². The fourth-order valence-corrected chi connectivity index (χ4v) is 6.12. The van der Waals surface area contributed by atoms with Gasteiger partial charge in [0.1, 0.15) is 5.75 Å². The maximum atomic E-state index is 13.4. The summed E-state index contributed by atoms with van der Waals surface area (Å²) in [5.74, 6) is 0.886. The molecule has 4 nitrogen and oxygen atoms in total. The summed E-state index contributed by atoms with van der Waals surface area (Å²) < 4.78 is 34.0. The summed E-state index contributed by atoms with van der Waals surface area (Å²) in [6.07, 6.45) is 2.52. The highest BCUT2D eigenvalue weighted by Gasteiger charge is 2.33. The van der Waals surface area contributed by atoms with Crippen molar-refractivity contribution in [3.05, 3.63) is 93.5 Å². The molecule has 0 spiro atoms. The molecule has 5 heteroatoms. The molecule has 0 amide bonds. The third kappa shape index (κ3) is 4.07. The number of hydrogen-bond donors (Lipinski definition) is 0. The molecule has 0 bridgehead atoms. The van der Waals surface area contributed by atoms with Gasteiger partial charge in [-0.25, -0.2) is 8.42 Å². The maximum Gasteiger partial charge on any atom is 0.243 e. The molecule has 0 aliphatic carbocycles. The summed E-state index contributed by atoms with van der Waals surface area (Å²) in [6, 6.07) is 17.5. The molecule has 0 atom stereocenters. The van der Waals surface area contributed by atoms with Crippen molar-refractivity contribution in [2.24, 2.45) is 0 Å². The summed E-state index contributed by atoms with van der Waals surface area (Å²) in [4.78, 5) is 0.362. The Morgan fingerprint density at radius 2 is 1.56 bits per heavy atom. The van der Waals surface area contributed by atoms with E-state index in [1.54, 1.807) is 23.5 Å². The van der Waals surface area contributed by atoms with Gasteiger partial charge in [-0.1, -0.05) is 55.8 Å². The number of benzene rings is 3. The van der Waals surface area contributed by atoms with E-state index in [4.69, 9.17) is 4.74 Å². The molecule has 0 unspecified atom stereocenters. The number of methoxy groups -OCH3 is 1. The molecular weight excluding hydrogens is 418 g/mol. The van der Waals surface area contributed by atoms with Crippen LogP contribution in [0.5, 0.6) is 5.75 Å². The van der Waals surface area contributed by atoms with E-state index in [2.05, 4.69) is 26.0 Å². The number of ether oxygens (including phenoxy) is 1. The van der Waals surface area contributed by atoms with Gasteiger partial charge < -0.3 is 4.74 Å². The van der Waals surface area contributed by atoms with Crippen molar-refractivity contribution in [1.29, 1.82) is 0 Å². The zero-order chi connectivity index (χ0) is 22.9. The average molecular weight is 450 g/mol. The monoisotopic (exact) mass is 449 g/mol. The molecule has 4 rings (SSSR count). The Balaban J connectivity index is 1.74. The first-order valence-corrected chi connectivity index (χ1v) is 12.7. The van der Waals surface area contributed by atoms with Gasteiger partial charge in [-0.3, -0.25) is 0 Å². The van der Waals surface area contributed by atoms with Gasteiger partial charge in [-0.15, -0.1) is 0 Å². The van der Waals surface area contributed by atoms with Crippen LogP contribution in [-0.4, -0.2) is 19.8 Å². The first-order chi connectivity index (χ1) is 15.4. The third-order valence-corrected chi connectivity index (χ3v) is 8.29. The Hall–Kier alpha value is -2.63. The lowest BCUT2D eigenvalue weighted by Crippen LogP contribution is -2.25. The Labute approximate surface area is 191 Å². The van der Waals surface area contributed by atoms with E-state index in [-0.39, 0.29) is 0 Å². The van der Waals surface area contributed by atoms with Crippen molar-refractivity contribution < 1.29 is 13.2 Å². The van der Waals surface area contributed by atoms with Gasteiger partial charge >= 0.3 is 0 Å². The molecule has 168 valence electrons. The minimum atomic E-state index is -3.54. The summed E-state index contributed by atoms with van der Waals surface area (Å²) >= 11 is 0. The van der Waals surface area contributed by atoms with E-state index in [0.717, 1.165) is 36.1 Å². The molecule has 0 radical (unpaired) electrons. The molecule has 32 heavy (non-hydrogen) atoms. The number of nitrogens with zero attached hydrogens (tertiary/aromatic N) is 1. The zero-order valence-electron chi connectivity index (χ0n) is 19.3. The van der Waals surface area contributed by atoms with Crippen molar-refractivity contribution >= 4 is 10.0 Å². The highest BCUT2D eigenvalue weighted by atomic mass is 32.2. The Morgan fingerprint density at radius 3 is 2.22 bits per heavy atom.